The number of rotatable bonds is 6. The third kappa shape index (κ3) is 4.32. The standard InChI is InChI=1S/C19H22FNO3/c1-13(14-4-10-17(24-3)11-5-14)18(22)21-12-19(2,23)15-6-8-16(20)9-7-15/h4-11,13,23H,12H2,1-3H3,(H,21,22). The first-order chi connectivity index (χ1) is 11.3. The second-order valence-electron chi connectivity index (χ2n) is 5.99. The number of halogens is 1. The third-order valence-electron chi connectivity index (χ3n) is 4.08. The molecule has 0 saturated heterocycles. The number of carbonyl (C=O) groups excluding carboxylic acids is 1. The van der Waals surface area contributed by atoms with Crippen molar-refractivity contribution in [2.45, 2.75) is 25.4 Å². The quantitative estimate of drug-likeness (QED) is 0.855. The summed E-state index contributed by atoms with van der Waals surface area (Å²) in [5.74, 6) is -0.195. The Balaban J connectivity index is 1.99. The lowest BCUT2D eigenvalue weighted by atomic mass is 9.95. The summed E-state index contributed by atoms with van der Waals surface area (Å²) < 4.78 is 18.1. The van der Waals surface area contributed by atoms with Crippen LogP contribution >= 0.6 is 0 Å². The minimum absolute atomic E-state index is 0.0396. The van der Waals surface area contributed by atoms with Crippen LogP contribution in [0.3, 0.4) is 0 Å². The maximum Gasteiger partial charge on any atom is 0.227 e. The normalized spacial score (nSPS) is 14.5. The second-order valence-corrected chi connectivity index (χ2v) is 5.99. The van der Waals surface area contributed by atoms with Crippen molar-refractivity contribution in [3.05, 3.63) is 65.5 Å². The number of hydrogen-bond acceptors (Lipinski definition) is 3. The van der Waals surface area contributed by atoms with E-state index in [0.717, 1.165) is 11.3 Å². The monoisotopic (exact) mass is 331 g/mol. The zero-order valence-corrected chi connectivity index (χ0v) is 14.0. The van der Waals surface area contributed by atoms with Gasteiger partial charge in [0.05, 0.1) is 19.6 Å². The van der Waals surface area contributed by atoms with Crippen LogP contribution in [0.1, 0.15) is 30.9 Å². The first-order valence-corrected chi connectivity index (χ1v) is 7.73. The molecule has 0 aliphatic heterocycles. The Morgan fingerprint density at radius 3 is 2.33 bits per heavy atom. The Labute approximate surface area is 141 Å². The summed E-state index contributed by atoms with van der Waals surface area (Å²) in [6.45, 7) is 3.42. The number of amides is 1. The first kappa shape index (κ1) is 17.9. The van der Waals surface area contributed by atoms with Gasteiger partial charge in [-0.2, -0.15) is 0 Å². The molecule has 0 bridgehead atoms. The summed E-state index contributed by atoms with van der Waals surface area (Å²) in [5.41, 5.74) is 0.124. The lowest BCUT2D eigenvalue weighted by Crippen LogP contribution is -2.40. The lowest BCUT2D eigenvalue weighted by Gasteiger charge is -2.25. The van der Waals surface area contributed by atoms with Crippen molar-refractivity contribution in [1.29, 1.82) is 0 Å². The van der Waals surface area contributed by atoms with Gasteiger partial charge in [0.15, 0.2) is 0 Å². The molecule has 0 spiro atoms. The molecule has 24 heavy (non-hydrogen) atoms. The van der Waals surface area contributed by atoms with Crippen LogP contribution in [0.25, 0.3) is 0 Å². The summed E-state index contributed by atoms with van der Waals surface area (Å²) in [5, 5.41) is 13.2. The van der Waals surface area contributed by atoms with E-state index < -0.39 is 5.60 Å². The van der Waals surface area contributed by atoms with Gasteiger partial charge in [-0.3, -0.25) is 4.79 Å². The van der Waals surface area contributed by atoms with Crippen LogP contribution in [0.4, 0.5) is 4.39 Å². The molecular formula is C19H22FNO3. The molecule has 2 N–H and O–H groups in total. The molecule has 0 aromatic heterocycles. The van der Waals surface area contributed by atoms with Crippen LogP contribution in [-0.2, 0) is 10.4 Å². The molecule has 2 aromatic carbocycles. The number of hydrogen-bond donors (Lipinski definition) is 2. The van der Waals surface area contributed by atoms with E-state index in [0.29, 0.717) is 5.56 Å². The Morgan fingerprint density at radius 1 is 1.21 bits per heavy atom. The molecule has 0 fully saturated rings. The van der Waals surface area contributed by atoms with E-state index in [1.807, 2.05) is 12.1 Å². The van der Waals surface area contributed by atoms with Crippen molar-refractivity contribution in [2.24, 2.45) is 0 Å². The second kappa shape index (κ2) is 7.45. The van der Waals surface area contributed by atoms with E-state index >= 15 is 0 Å². The van der Waals surface area contributed by atoms with E-state index in [1.165, 1.54) is 24.3 Å². The molecule has 2 atom stereocenters. The smallest absolute Gasteiger partial charge is 0.227 e. The van der Waals surface area contributed by atoms with Crippen LogP contribution in [0.5, 0.6) is 5.75 Å². The SMILES string of the molecule is COc1ccc(C(C)C(=O)NCC(C)(O)c2ccc(F)cc2)cc1. The molecule has 0 radical (unpaired) electrons. The van der Waals surface area contributed by atoms with Crippen LogP contribution in [0.15, 0.2) is 48.5 Å². The van der Waals surface area contributed by atoms with Gasteiger partial charge in [0.1, 0.15) is 17.2 Å². The average Bonchev–Trinajstić information content (AvgIpc) is 2.59. The number of ether oxygens (including phenoxy) is 1. The molecule has 4 nitrogen and oxygen atoms in total. The van der Waals surface area contributed by atoms with Gasteiger partial charge in [-0.25, -0.2) is 4.39 Å². The summed E-state index contributed by atoms with van der Waals surface area (Å²) >= 11 is 0. The van der Waals surface area contributed by atoms with Gasteiger partial charge in [-0.05, 0) is 49.2 Å². The molecule has 2 rings (SSSR count). The lowest BCUT2D eigenvalue weighted by molar-refractivity contribution is -0.123. The summed E-state index contributed by atoms with van der Waals surface area (Å²) in [6, 6.07) is 12.9. The minimum Gasteiger partial charge on any atom is -0.497 e. The van der Waals surface area contributed by atoms with Gasteiger partial charge in [0.2, 0.25) is 5.91 Å². The van der Waals surface area contributed by atoms with Crippen molar-refractivity contribution in [1.82, 2.24) is 5.32 Å². The van der Waals surface area contributed by atoms with E-state index in [4.69, 9.17) is 4.74 Å². The number of benzene rings is 2. The Kier molecular flexibility index (Phi) is 5.57. The molecule has 2 aromatic rings. The van der Waals surface area contributed by atoms with E-state index in [-0.39, 0.29) is 24.2 Å². The number of aliphatic hydroxyl groups is 1. The maximum absolute atomic E-state index is 13.0. The van der Waals surface area contributed by atoms with Gasteiger partial charge in [0, 0.05) is 0 Å². The van der Waals surface area contributed by atoms with E-state index in [2.05, 4.69) is 5.32 Å². The van der Waals surface area contributed by atoms with Crippen molar-refractivity contribution in [3.8, 4) is 5.75 Å². The molecule has 0 aliphatic rings. The molecule has 128 valence electrons. The predicted octanol–water partition coefficient (Wildman–Crippen LogP) is 2.96. The highest BCUT2D eigenvalue weighted by Gasteiger charge is 2.25. The van der Waals surface area contributed by atoms with Gasteiger partial charge < -0.3 is 15.2 Å². The largest absolute Gasteiger partial charge is 0.497 e. The predicted molar refractivity (Wildman–Crippen MR) is 90.4 cm³/mol. The maximum atomic E-state index is 13.0. The summed E-state index contributed by atoms with van der Waals surface area (Å²) in [6.07, 6.45) is 0. The molecule has 0 aliphatic carbocycles. The summed E-state index contributed by atoms with van der Waals surface area (Å²) in [7, 11) is 1.59. The fourth-order valence-electron chi connectivity index (χ4n) is 2.37. The van der Waals surface area contributed by atoms with Crippen LogP contribution < -0.4 is 10.1 Å². The molecule has 0 heterocycles. The highest BCUT2D eigenvalue weighted by atomic mass is 19.1. The Morgan fingerprint density at radius 2 is 1.79 bits per heavy atom. The third-order valence-corrected chi connectivity index (χ3v) is 4.08. The van der Waals surface area contributed by atoms with Crippen molar-refractivity contribution >= 4 is 5.91 Å². The van der Waals surface area contributed by atoms with Crippen molar-refractivity contribution in [3.63, 3.8) is 0 Å². The van der Waals surface area contributed by atoms with Crippen molar-refractivity contribution in [2.75, 3.05) is 13.7 Å². The number of carbonyl (C=O) groups is 1. The minimum atomic E-state index is -1.27. The van der Waals surface area contributed by atoms with Gasteiger partial charge in [0.25, 0.3) is 0 Å². The fraction of sp³-hybridized carbons (Fsp3) is 0.316. The molecule has 2 unspecified atom stereocenters. The molecular weight excluding hydrogens is 309 g/mol. The van der Waals surface area contributed by atoms with E-state index in [1.54, 1.807) is 33.1 Å². The molecule has 5 heteroatoms. The highest BCUT2D eigenvalue weighted by Crippen LogP contribution is 2.22. The number of nitrogens with one attached hydrogen (secondary N) is 1. The van der Waals surface area contributed by atoms with Gasteiger partial charge in [-0.1, -0.05) is 24.3 Å². The van der Waals surface area contributed by atoms with Gasteiger partial charge in [-0.15, -0.1) is 0 Å². The number of methoxy groups -OCH3 is 1. The zero-order valence-electron chi connectivity index (χ0n) is 14.0. The summed E-state index contributed by atoms with van der Waals surface area (Å²) in [4.78, 5) is 12.3. The van der Waals surface area contributed by atoms with Crippen LogP contribution in [-0.4, -0.2) is 24.7 Å². The first-order valence-electron chi connectivity index (χ1n) is 7.73. The molecule has 0 saturated carbocycles. The Hall–Kier alpha value is -2.40. The zero-order chi connectivity index (χ0) is 17.7. The topological polar surface area (TPSA) is 58.6 Å². The van der Waals surface area contributed by atoms with Crippen LogP contribution in [0, 0.1) is 5.82 Å². The highest BCUT2D eigenvalue weighted by molar-refractivity contribution is 5.83. The average molecular weight is 331 g/mol. The van der Waals surface area contributed by atoms with Crippen LogP contribution in [0.2, 0.25) is 0 Å². The fourth-order valence-corrected chi connectivity index (χ4v) is 2.37. The van der Waals surface area contributed by atoms with E-state index in [9.17, 15) is 14.3 Å². The molecule has 1 amide bonds. The van der Waals surface area contributed by atoms with Crippen molar-refractivity contribution < 1.29 is 19.0 Å². The Bertz CT molecular complexity index is 681. The van der Waals surface area contributed by atoms with Gasteiger partial charge >= 0.3 is 0 Å².